The molecule has 0 aromatic carbocycles. The molecule has 2 aromatic heterocycles. The second-order valence-electron chi connectivity index (χ2n) is 5.18. The van der Waals surface area contributed by atoms with Crippen molar-refractivity contribution < 1.29 is 0 Å². The highest BCUT2D eigenvalue weighted by Crippen LogP contribution is 2.30. The Morgan fingerprint density at radius 1 is 1.28 bits per heavy atom. The number of H-pyrrole nitrogens is 1. The highest BCUT2D eigenvalue weighted by Gasteiger charge is 2.23. The van der Waals surface area contributed by atoms with Crippen LogP contribution in [0.3, 0.4) is 0 Å². The zero-order chi connectivity index (χ0) is 12.7. The SMILES string of the molecule is CC1CCC(n2c(=O)[nH]c3ccsc3c2=O)CC1. The third-order valence-corrected chi connectivity index (χ3v) is 4.79. The molecule has 4 nitrogen and oxygen atoms in total. The average molecular weight is 264 g/mol. The molecule has 2 aromatic rings. The van der Waals surface area contributed by atoms with Gasteiger partial charge in [0.25, 0.3) is 5.56 Å². The second-order valence-corrected chi connectivity index (χ2v) is 6.10. The van der Waals surface area contributed by atoms with Gasteiger partial charge in [-0.2, -0.15) is 0 Å². The topological polar surface area (TPSA) is 54.9 Å². The molecular weight excluding hydrogens is 248 g/mol. The summed E-state index contributed by atoms with van der Waals surface area (Å²) in [5.74, 6) is 0.710. The van der Waals surface area contributed by atoms with Gasteiger partial charge in [0.2, 0.25) is 0 Å². The van der Waals surface area contributed by atoms with Crippen molar-refractivity contribution >= 4 is 21.6 Å². The molecule has 5 heteroatoms. The minimum absolute atomic E-state index is 0.0731. The molecule has 2 heterocycles. The van der Waals surface area contributed by atoms with Gasteiger partial charge in [-0.1, -0.05) is 6.92 Å². The van der Waals surface area contributed by atoms with Crippen molar-refractivity contribution in [1.82, 2.24) is 9.55 Å². The first-order valence-electron chi connectivity index (χ1n) is 6.39. The lowest BCUT2D eigenvalue weighted by Crippen LogP contribution is -2.38. The number of hydrogen-bond acceptors (Lipinski definition) is 3. The van der Waals surface area contributed by atoms with Crippen molar-refractivity contribution in [3.05, 3.63) is 32.3 Å². The Bertz CT molecular complexity index is 674. The molecule has 0 aliphatic heterocycles. The normalized spacial score (nSPS) is 24.5. The van der Waals surface area contributed by atoms with Crippen LogP contribution >= 0.6 is 11.3 Å². The summed E-state index contributed by atoms with van der Waals surface area (Å²) in [4.78, 5) is 27.2. The number of thiophene rings is 1. The number of fused-ring (bicyclic) bond motifs is 1. The molecule has 0 bridgehead atoms. The zero-order valence-electron chi connectivity index (χ0n) is 10.3. The number of hydrogen-bond donors (Lipinski definition) is 1. The average Bonchev–Trinajstić information content (AvgIpc) is 2.80. The predicted molar refractivity (Wildman–Crippen MR) is 73.4 cm³/mol. The smallest absolute Gasteiger partial charge is 0.306 e. The van der Waals surface area contributed by atoms with E-state index < -0.39 is 0 Å². The fourth-order valence-electron chi connectivity index (χ4n) is 2.78. The minimum Gasteiger partial charge on any atom is -0.306 e. The summed E-state index contributed by atoms with van der Waals surface area (Å²) in [5.41, 5.74) is 0.282. The molecule has 0 spiro atoms. The van der Waals surface area contributed by atoms with E-state index in [0.717, 1.165) is 25.7 Å². The molecule has 96 valence electrons. The van der Waals surface area contributed by atoms with E-state index in [-0.39, 0.29) is 17.3 Å². The Labute approximate surface area is 108 Å². The Kier molecular flexibility index (Phi) is 2.86. The fraction of sp³-hybridized carbons (Fsp3) is 0.538. The highest BCUT2D eigenvalue weighted by molar-refractivity contribution is 7.17. The Morgan fingerprint density at radius 2 is 2.00 bits per heavy atom. The van der Waals surface area contributed by atoms with Crippen molar-refractivity contribution in [2.24, 2.45) is 5.92 Å². The summed E-state index contributed by atoms with van der Waals surface area (Å²) in [7, 11) is 0. The quantitative estimate of drug-likeness (QED) is 0.860. The summed E-state index contributed by atoms with van der Waals surface area (Å²) >= 11 is 1.40. The number of rotatable bonds is 1. The maximum Gasteiger partial charge on any atom is 0.329 e. The molecule has 1 N–H and O–H groups in total. The first-order chi connectivity index (χ1) is 8.66. The van der Waals surface area contributed by atoms with Crippen LogP contribution in [-0.4, -0.2) is 9.55 Å². The molecule has 0 amide bonds. The molecule has 3 rings (SSSR count). The third kappa shape index (κ3) is 1.82. The minimum atomic E-state index is -0.259. The van der Waals surface area contributed by atoms with Crippen molar-refractivity contribution in [3.8, 4) is 0 Å². The van der Waals surface area contributed by atoms with Gasteiger partial charge in [0.1, 0.15) is 4.70 Å². The van der Waals surface area contributed by atoms with Gasteiger partial charge < -0.3 is 4.98 Å². The summed E-state index contributed by atoms with van der Waals surface area (Å²) < 4.78 is 2.10. The van der Waals surface area contributed by atoms with Gasteiger partial charge in [0.05, 0.1) is 5.52 Å². The van der Waals surface area contributed by atoms with Gasteiger partial charge in [-0.25, -0.2) is 4.79 Å². The van der Waals surface area contributed by atoms with E-state index in [2.05, 4.69) is 11.9 Å². The third-order valence-electron chi connectivity index (χ3n) is 3.89. The largest absolute Gasteiger partial charge is 0.329 e. The van der Waals surface area contributed by atoms with Crippen molar-refractivity contribution in [1.29, 1.82) is 0 Å². The first-order valence-corrected chi connectivity index (χ1v) is 7.27. The fourth-order valence-corrected chi connectivity index (χ4v) is 3.57. The van der Waals surface area contributed by atoms with Gasteiger partial charge in [-0.05, 0) is 43.0 Å². The molecular formula is C13H16N2O2S. The van der Waals surface area contributed by atoms with E-state index in [9.17, 15) is 9.59 Å². The van der Waals surface area contributed by atoms with Crippen molar-refractivity contribution in [2.75, 3.05) is 0 Å². The van der Waals surface area contributed by atoms with Gasteiger partial charge in [-0.3, -0.25) is 9.36 Å². The van der Waals surface area contributed by atoms with E-state index in [1.54, 1.807) is 6.07 Å². The summed E-state index contributed by atoms with van der Waals surface area (Å²) in [6.07, 6.45) is 4.06. The summed E-state index contributed by atoms with van der Waals surface area (Å²) in [6, 6.07) is 1.86. The standard InChI is InChI=1S/C13H16N2O2S/c1-8-2-4-9(5-3-8)15-12(16)11-10(6-7-18-11)14-13(15)17/h6-9H,2-5H2,1H3,(H,14,17). The van der Waals surface area contributed by atoms with E-state index in [1.165, 1.54) is 15.9 Å². The van der Waals surface area contributed by atoms with E-state index >= 15 is 0 Å². The van der Waals surface area contributed by atoms with Gasteiger partial charge >= 0.3 is 5.69 Å². The van der Waals surface area contributed by atoms with Crippen LogP contribution in [-0.2, 0) is 0 Å². The molecule has 1 fully saturated rings. The van der Waals surface area contributed by atoms with Crippen LogP contribution in [0.4, 0.5) is 0 Å². The molecule has 0 radical (unpaired) electrons. The number of nitrogens with one attached hydrogen (secondary N) is 1. The second kappa shape index (κ2) is 4.39. The van der Waals surface area contributed by atoms with Crippen LogP contribution in [0.2, 0.25) is 0 Å². The van der Waals surface area contributed by atoms with Crippen LogP contribution < -0.4 is 11.2 Å². The Morgan fingerprint density at radius 3 is 2.72 bits per heavy atom. The van der Waals surface area contributed by atoms with Gasteiger partial charge in [-0.15, -0.1) is 11.3 Å². The Hall–Kier alpha value is -1.36. The maximum atomic E-state index is 12.3. The number of aromatic nitrogens is 2. The van der Waals surface area contributed by atoms with Crippen LogP contribution in [0, 0.1) is 5.92 Å². The Balaban J connectivity index is 2.11. The van der Waals surface area contributed by atoms with E-state index in [4.69, 9.17) is 0 Å². The number of aromatic amines is 1. The van der Waals surface area contributed by atoms with Crippen molar-refractivity contribution in [2.45, 2.75) is 38.6 Å². The maximum absolute atomic E-state index is 12.3. The van der Waals surface area contributed by atoms with Crippen LogP contribution in [0.25, 0.3) is 10.2 Å². The van der Waals surface area contributed by atoms with E-state index in [1.807, 2.05) is 5.38 Å². The zero-order valence-corrected chi connectivity index (χ0v) is 11.1. The molecule has 0 unspecified atom stereocenters. The highest BCUT2D eigenvalue weighted by atomic mass is 32.1. The molecule has 0 atom stereocenters. The lowest BCUT2D eigenvalue weighted by molar-refractivity contribution is 0.280. The van der Waals surface area contributed by atoms with Crippen molar-refractivity contribution in [3.63, 3.8) is 0 Å². The van der Waals surface area contributed by atoms with Crippen LogP contribution in [0.5, 0.6) is 0 Å². The molecule has 1 saturated carbocycles. The molecule has 0 saturated heterocycles. The van der Waals surface area contributed by atoms with Crippen LogP contribution in [0.15, 0.2) is 21.0 Å². The lowest BCUT2D eigenvalue weighted by atomic mass is 9.87. The first kappa shape index (κ1) is 11.7. The molecule has 1 aliphatic carbocycles. The predicted octanol–water partition coefficient (Wildman–Crippen LogP) is 2.50. The molecule has 1 aliphatic rings. The van der Waals surface area contributed by atoms with Crippen LogP contribution in [0.1, 0.15) is 38.6 Å². The molecule has 18 heavy (non-hydrogen) atoms. The van der Waals surface area contributed by atoms with Gasteiger partial charge in [0.15, 0.2) is 0 Å². The van der Waals surface area contributed by atoms with E-state index in [0.29, 0.717) is 16.1 Å². The lowest BCUT2D eigenvalue weighted by Gasteiger charge is -2.26. The van der Waals surface area contributed by atoms with Gasteiger partial charge in [0, 0.05) is 6.04 Å². The number of nitrogens with zero attached hydrogens (tertiary/aromatic N) is 1. The monoisotopic (exact) mass is 264 g/mol. The summed E-state index contributed by atoms with van der Waals surface area (Å²) in [5, 5.41) is 1.84. The summed E-state index contributed by atoms with van der Waals surface area (Å²) in [6.45, 7) is 2.23.